The number of nitrogens with zero attached hydrogens (tertiary/aromatic N) is 4. The van der Waals surface area contributed by atoms with Crippen molar-refractivity contribution in [3.63, 3.8) is 0 Å². The summed E-state index contributed by atoms with van der Waals surface area (Å²) in [6.45, 7) is 1.98. The van der Waals surface area contributed by atoms with Gasteiger partial charge in [0.15, 0.2) is 16.7 Å². The Morgan fingerprint density at radius 3 is 2.76 bits per heavy atom. The largest absolute Gasteiger partial charge is 0.453 e. The van der Waals surface area contributed by atoms with Crippen molar-refractivity contribution < 1.29 is 4.42 Å². The van der Waals surface area contributed by atoms with Crippen molar-refractivity contribution in [3.05, 3.63) is 70.8 Å². The monoisotopic (exact) mass is 403 g/mol. The van der Waals surface area contributed by atoms with Gasteiger partial charge in [0.2, 0.25) is 0 Å². The second-order valence-electron chi connectivity index (χ2n) is 6.74. The molecule has 1 N–H and O–H groups in total. The van der Waals surface area contributed by atoms with Gasteiger partial charge in [-0.25, -0.2) is 4.98 Å². The molecule has 0 amide bonds. The molecule has 144 valence electrons. The second-order valence-corrected chi connectivity index (χ2v) is 8.05. The van der Waals surface area contributed by atoms with E-state index in [2.05, 4.69) is 20.2 Å². The Labute approximate surface area is 169 Å². The first-order chi connectivity index (χ1) is 14.1. The normalized spacial score (nSPS) is 12.6. The number of fused-ring (bicyclic) bond motifs is 2. The number of aromatic nitrogens is 5. The van der Waals surface area contributed by atoms with Gasteiger partial charge < -0.3 is 14.0 Å². The zero-order valence-corrected chi connectivity index (χ0v) is 16.6. The van der Waals surface area contributed by atoms with E-state index < -0.39 is 0 Å². The zero-order chi connectivity index (χ0) is 20.0. The fraction of sp³-hybridized carbons (Fsp3) is 0.143. The first-order valence-electron chi connectivity index (χ1n) is 9.14. The summed E-state index contributed by atoms with van der Waals surface area (Å²) in [6, 6.07) is 17.1. The van der Waals surface area contributed by atoms with Gasteiger partial charge in [-0.2, -0.15) is 0 Å². The van der Waals surface area contributed by atoms with Crippen molar-refractivity contribution in [1.82, 2.24) is 24.7 Å². The van der Waals surface area contributed by atoms with Crippen LogP contribution in [0.4, 0.5) is 0 Å². The topological polar surface area (TPSA) is 89.6 Å². The number of nitrogens with one attached hydrogen (secondary N) is 1. The Morgan fingerprint density at radius 1 is 1.10 bits per heavy atom. The van der Waals surface area contributed by atoms with Crippen molar-refractivity contribution in [2.75, 3.05) is 0 Å². The summed E-state index contributed by atoms with van der Waals surface area (Å²) in [4.78, 5) is 19.8. The molecule has 0 saturated carbocycles. The highest BCUT2D eigenvalue weighted by molar-refractivity contribution is 7.99. The molecule has 29 heavy (non-hydrogen) atoms. The molecule has 3 heterocycles. The lowest BCUT2D eigenvalue weighted by Crippen LogP contribution is -2.13. The van der Waals surface area contributed by atoms with Crippen molar-refractivity contribution in [2.24, 2.45) is 7.05 Å². The lowest BCUT2D eigenvalue weighted by molar-refractivity contribution is 0.618. The van der Waals surface area contributed by atoms with Gasteiger partial charge in [0, 0.05) is 12.4 Å². The van der Waals surface area contributed by atoms with E-state index >= 15 is 0 Å². The molecule has 2 aromatic carbocycles. The second kappa shape index (κ2) is 6.89. The number of aromatic amines is 1. The number of hydrogen-bond acceptors (Lipinski definition) is 6. The molecule has 0 fully saturated rings. The van der Waals surface area contributed by atoms with E-state index in [9.17, 15) is 4.79 Å². The van der Waals surface area contributed by atoms with Gasteiger partial charge in [0.05, 0.1) is 16.2 Å². The van der Waals surface area contributed by atoms with Crippen LogP contribution in [-0.4, -0.2) is 24.7 Å². The molecule has 0 aliphatic heterocycles. The predicted molar refractivity (Wildman–Crippen MR) is 113 cm³/mol. The van der Waals surface area contributed by atoms with Crippen LogP contribution in [0.3, 0.4) is 0 Å². The number of para-hydroxylation sites is 2. The van der Waals surface area contributed by atoms with Gasteiger partial charge in [-0.3, -0.25) is 4.79 Å². The van der Waals surface area contributed by atoms with Crippen LogP contribution in [0.25, 0.3) is 33.5 Å². The summed E-state index contributed by atoms with van der Waals surface area (Å²) in [7, 11) is 1.90. The Hall–Kier alpha value is -3.39. The summed E-state index contributed by atoms with van der Waals surface area (Å²) >= 11 is 1.48. The number of furan rings is 1. The maximum Gasteiger partial charge on any atom is 0.258 e. The van der Waals surface area contributed by atoms with Crippen LogP contribution in [-0.2, 0) is 7.05 Å². The molecule has 0 bridgehead atoms. The minimum Gasteiger partial charge on any atom is -0.453 e. The fourth-order valence-corrected chi connectivity index (χ4v) is 4.11. The van der Waals surface area contributed by atoms with Gasteiger partial charge in [0.1, 0.15) is 11.4 Å². The molecule has 0 aliphatic carbocycles. The molecule has 5 aromatic rings. The van der Waals surface area contributed by atoms with E-state index in [1.165, 1.54) is 11.8 Å². The molecule has 0 aliphatic rings. The fourth-order valence-electron chi connectivity index (χ4n) is 3.24. The molecule has 0 radical (unpaired) electrons. The quantitative estimate of drug-likeness (QED) is 0.450. The summed E-state index contributed by atoms with van der Waals surface area (Å²) in [5.74, 6) is 1.92. The summed E-state index contributed by atoms with van der Waals surface area (Å²) in [5, 5.41) is 10.8. The first-order valence-corrected chi connectivity index (χ1v) is 10.0. The molecule has 0 spiro atoms. The third kappa shape index (κ3) is 3.11. The number of rotatable bonds is 4. The van der Waals surface area contributed by atoms with E-state index in [1.54, 1.807) is 6.07 Å². The highest BCUT2D eigenvalue weighted by Gasteiger charge is 2.19. The maximum atomic E-state index is 12.3. The average molecular weight is 403 g/mol. The zero-order valence-electron chi connectivity index (χ0n) is 15.8. The van der Waals surface area contributed by atoms with E-state index in [1.807, 2.05) is 67.1 Å². The number of thioether (sulfide) groups is 1. The Morgan fingerprint density at radius 2 is 1.90 bits per heavy atom. The highest BCUT2D eigenvalue weighted by atomic mass is 32.2. The minimum absolute atomic E-state index is 0.112. The Bertz CT molecular complexity index is 1370. The van der Waals surface area contributed by atoms with Gasteiger partial charge in [-0.05, 0) is 31.2 Å². The van der Waals surface area contributed by atoms with Crippen LogP contribution in [0.2, 0.25) is 0 Å². The number of H-pyrrole nitrogens is 1. The third-order valence-corrected chi connectivity index (χ3v) is 5.92. The lowest BCUT2D eigenvalue weighted by Gasteiger charge is -2.10. The summed E-state index contributed by atoms with van der Waals surface area (Å²) < 4.78 is 7.80. The minimum atomic E-state index is -0.140. The molecule has 1 atom stereocenters. The van der Waals surface area contributed by atoms with Crippen molar-refractivity contribution >= 4 is 33.6 Å². The number of benzene rings is 2. The van der Waals surface area contributed by atoms with Crippen molar-refractivity contribution in [2.45, 2.75) is 17.3 Å². The molecule has 0 unspecified atom stereocenters. The SMILES string of the molecule is C[C@H](Sc1nnc(-c2cc3ccccc3o2)n1C)c1nc2ccccc2c(=O)[nH]1. The molecule has 5 rings (SSSR count). The van der Waals surface area contributed by atoms with Crippen LogP contribution in [0.5, 0.6) is 0 Å². The van der Waals surface area contributed by atoms with Gasteiger partial charge in [-0.15, -0.1) is 10.2 Å². The van der Waals surface area contributed by atoms with Crippen molar-refractivity contribution in [3.8, 4) is 11.6 Å². The third-order valence-electron chi connectivity index (χ3n) is 4.78. The van der Waals surface area contributed by atoms with Crippen molar-refractivity contribution in [1.29, 1.82) is 0 Å². The average Bonchev–Trinajstić information content (AvgIpc) is 3.31. The maximum absolute atomic E-state index is 12.3. The van der Waals surface area contributed by atoms with Gasteiger partial charge >= 0.3 is 0 Å². The molecule has 0 saturated heterocycles. The van der Waals surface area contributed by atoms with Gasteiger partial charge in [-0.1, -0.05) is 42.1 Å². The van der Waals surface area contributed by atoms with Crippen LogP contribution in [0.1, 0.15) is 18.0 Å². The molecular weight excluding hydrogens is 386 g/mol. The van der Waals surface area contributed by atoms with E-state index in [4.69, 9.17) is 4.42 Å². The van der Waals surface area contributed by atoms with Gasteiger partial charge in [0.25, 0.3) is 5.56 Å². The smallest absolute Gasteiger partial charge is 0.258 e. The van der Waals surface area contributed by atoms with E-state index in [0.29, 0.717) is 33.5 Å². The van der Waals surface area contributed by atoms with Crippen LogP contribution in [0.15, 0.2) is 69.0 Å². The van der Waals surface area contributed by atoms with Crippen LogP contribution < -0.4 is 5.56 Å². The molecule has 7 nitrogen and oxygen atoms in total. The Balaban J connectivity index is 1.46. The predicted octanol–water partition coefficient (Wildman–Crippen LogP) is 4.32. The first kappa shape index (κ1) is 17.7. The lowest BCUT2D eigenvalue weighted by atomic mass is 10.2. The Kier molecular flexibility index (Phi) is 4.21. The van der Waals surface area contributed by atoms with Crippen LogP contribution in [0, 0.1) is 0 Å². The van der Waals surface area contributed by atoms with E-state index in [0.717, 1.165) is 11.0 Å². The summed E-state index contributed by atoms with van der Waals surface area (Å²) in [6.07, 6.45) is 0. The highest BCUT2D eigenvalue weighted by Crippen LogP contribution is 2.34. The van der Waals surface area contributed by atoms with E-state index in [-0.39, 0.29) is 10.8 Å². The number of hydrogen-bond donors (Lipinski definition) is 1. The molecule has 8 heteroatoms. The standard InChI is InChI=1S/C21H17N5O2S/c1-12(18-22-15-9-5-4-8-14(15)20(27)23-18)29-21-25-24-19(26(21)2)17-11-13-7-3-6-10-16(13)28-17/h3-12H,1-2H3,(H,22,23,27)/t12-/m0/s1. The van der Waals surface area contributed by atoms with Crippen LogP contribution >= 0.6 is 11.8 Å². The molecule has 3 aromatic heterocycles. The summed E-state index contributed by atoms with van der Waals surface area (Å²) in [5.41, 5.74) is 1.35. The molecular formula is C21H17N5O2S.